The van der Waals surface area contributed by atoms with Gasteiger partial charge in [0.25, 0.3) is 0 Å². The Morgan fingerprint density at radius 3 is 2.69 bits per heavy atom. The Morgan fingerprint density at radius 1 is 1.06 bits per heavy atom. The van der Waals surface area contributed by atoms with Crippen molar-refractivity contribution in [1.82, 2.24) is 0 Å². The molecular formula is C32H28N2O. The van der Waals surface area contributed by atoms with Crippen LogP contribution >= 0.6 is 0 Å². The Labute approximate surface area is 207 Å². The molecule has 0 radical (unpaired) electrons. The lowest BCUT2D eigenvalue weighted by molar-refractivity contribution is 0.174. The molecule has 4 unspecified atom stereocenters. The minimum absolute atomic E-state index is 0.115. The summed E-state index contributed by atoms with van der Waals surface area (Å²) in [4.78, 5) is 2.41. The van der Waals surface area contributed by atoms with Gasteiger partial charge in [0.05, 0.1) is 23.4 Å². The van der Waals surface area contributed by atoms with Crippen molar-refractivity contribution in [3.8, 4) is 6.07 Å². The fourth-order valence-corrected chi connectivity index (χ4v) is 6.08. The number of fused-ring (bicyclic) bond motifs is 3. The van der Waals surface area contributed by atoms with Gasteiger partial charge in [0.1, 0.15) is 11.9 Å². The summed E-state index contributed by atoms with van der Waals surface area (Å²) in [6.45, 7) is 6.04. The summed E-state index contributed by atoms with van der Waals surface area (Å²) >= 11 is 0. The minimum Gasteiger partial charge on any atom is -0.485 e. The van der Waals surface area contributed by atoms with Crippen molar-refractivity contribution in [2.75, 3.05) is 4.90 Å². The van der Waals surface area contributed by atoms with Gasteiger partial charge in [0.15, 0.2) is 0 Å². The monoisotopic (exact) mass is 456 g/mol. The molecule has 2 aliphatic heterocycles. The number of nitrogens with zero attached hydrogens (tertiary/aromatic N) is 2. The van der Waals surface area contributed by atoms with Crippen molar-refractivity contribution in [3.05, 3.63) is 131 Å². The van der Waals surface area contributed by atoms with Crippen LogP contribution in [0.1, 0.15) is 30.9 Å². The van der Waals surface area contributed by atoms with Gasteiger partial charge in [-0.1, -0.05) is 73.4 Å². The van der Waals surface area contributed by atoms with Gasteiger partial charge < -0.3 is 9.64 Å². The maximum Gasteiger partial charge on any atom is 0.127 e. The highest BCUT2D eigenvalue weighted by molar-refractivity contribution is 5.83. The molecule has 3 nitrogen and oxygen atoms in total. The lowest BCUT2D eigenvalue weighted by Crippen LogP contribution is -2.33. The first kappa shape index (κ1) is 21.5. The molecule has 35 heavy (non-hydrogen) atoms. The Hall–Kier alpha value is -4.03. The van der Waals surface area contributed by atoms with E-state index in [0.717, 1.165) is 24.3 Å². The summed E-state index contributed by atoms with van der Waals surface area (Å²) < 4.78 is 6.35. The van der Waals surface area contributed by atoms with E-state index in [1.807, 2.05) is 24.3 Å². The maximum atomic E-state index is 9.73. The molecule has 172 valence electrons. The van der Waals surface area contributed by atoms with Crippen LogP contribution in [0.25, 0.3) is 5.57 Å². The second-order valence-corrected chi connectivity index (χ2v) is 9.57. The van der Waals surface area contributed by atoms with Crippen LogP contribution in [0.5, 0.6) is 0 Å². The standard InChI is InChI=1S/C32H28N2O/c1-3-4-9-24-21(2)34(29-12-7-5-10-26(24)29)30-18-22(20-33)14-16-25(30)23-15-17-28-27-11-6-8-13-31(27)35-32(28)19-23/h3-14,16,18-19,26-27,29,31H,1,15,17H2,2H3/b9-4-. The van der Waals surface area contributed by atoms with Crippen LogP contribution in [0.4, 0.5) is 5.69 Å². The Morgan fingerprint density at radius 2 is 1.86 bits per heavy atom. The number of benzene rings is 1. The molecule has 0 bridgehead atoms. The first-order valence-electron chi connectivity index (χ1n) is 12.3. The quantitative estimate of drug-likeness (QED) is 0.454. The third kappa shape index (κ3) is 3.49. The zero-order valence-corrected chi connectivity index (χ0v) is 19.9. The van der Waals surface area contributed by atoms with E-state index in [9.17, 15) is 5.26 Å². The largest absolute Gasteiger partial charge is 0.485 e. The number of ether oxygens (including phenoxy) is 1. The SMILES string of the molecule is C=C/C=C\C1=C(C)N(c2cc(C#N)ccc2C2=CC3=C(CC2)C2C=CC=CC2O3)C2C=CC=CC12. The fraction of sp³-hybridized carbons (Fsp3) is 0.219. The van der Waals surface area contributed by atoms with Gasteiger partial charge in [-0.2, -0.15) is 5.26 Å². The molecule has 3 heteroatoms. The lowest BCUT2D eigenvalue weighted by atomic mass is 9.83. The highest BCUT2D eigenvalue weighted by Gasteiger charge is 2.39. The summed E-state index contributed by atoms with van der Waals surface area (Å²) in [5.41, 5.74) is 8.11. The van der Waals surface area contributed by atoms with Crippen LogP contribution in [-0.2, 0) is 4.74 Å². The Balaban J connectivity index is 1.46. The van der Waals surface area contributed by atoms with Crippen LogP contribution in [0.3, 0.4) is 0 Å². The van der Waals surface area contributed by atoms with Crippen molar-refractivity contribution in [3.63, 3.8) is 0 Å². The Kier molecular flexibility index (Phi) is 5.30. The first-order valence-corrected chi connectivity index (χ1v) is 12.3. The molecule has 1 aromatic rings. The predicted octanol–water partition coefficient (Wildman–Crippen LogP) is 7.08. The van der Waals surface area contributed by atoms with Crippen LogP contribution < -0.4 is 4.90 Å². The second-order valence-electron chi connectivity index (χ2n) is 9.57. The van der Waals surface area contributed by atoms with Crippen molar-refractivity contribution in [2.45, 2.75) is 31.9 Å². The number of nitriles is 1. The summed E-state index contributed by atoms with van der Waals surface area (Å²) in [5, 5.41) is 9.73. The smallest absolute Gasteiger partial charge is 0.127 e. The molecule has 0 saturated heterocycles. The van der Waals surface area contributed by atoms with Gasteiger partial charge in [-0.15, -0.1) is 0 Å². The molecule has 1 aromatic carbocycles. The summed E-state index contributed by atoms with van der Waals surface area (Å²) in [5.74, 6) is 1.65. The molecule has 0 amide bonds. The number of rotatable bonds is 4. The average Bonchev–Trinajstić information content (AvgIpc) is 3.40. The van der Waals surface area contributed by atoms with Crippen molar-refractivity contribution in [2.24, 2.45) is 11.8 Å². The molecule has 5 aliphatic rings. The van der Waals surface area contributed by atoms with E-state index in [0.29, 0.717) is 11.5 Å². The molecule has 4 atom stereocenters. The van der Waals surface area contributed by atoms with Crippen molar-refractivity contribution in [1.29, 1.82) is 5.26 Å². The molecule has 0 spiro atoms. The Bertz CT molecular complexity index is 1380. The van der Waals surface area contributed by atoms with E-state index in [1.165, 1.54) is 28.0 Å². The topological polar surface area (TPSA) is 36.3 Å². The van der Waals surface area contributed by atoms with Gasteiger partial charge in [0, 0.05) is 23.1 Å². The number of hydrogen-bond donors (Lipinski definition) is 0. The molecule has 0 fully saturated rings. The molecule has 3 aliphatic carbocycles. The summed E-state index contributed by atoms with van der Waals surface area (Å²) in [6.07, 6.45) is 27.7. The normalized spacial score (nSPS) is 28.1. The summed E-state index contributed by atoms with van der Waals surface area (Å²) in [7, 11) is 0. The number of anilines is 1. The third-order valence-electron chi connectivity index (χ3n) is 7.72. The van der Waals surface area contributed by atoms with Gasteiger partial charge in [-0.3, -0.25) is 0 Å². The van der Waals surface area contributed by atoms with E-state index in [1.54, 1.807) is 0 Å². The molecule has 2 heterocycles. The summed E-state index contributed by atoms with van der Waals surface area (Å²) in [6, 6.07) is 8.64. The van der Waals surface area contributed by atoms with Crippen LogP contribution in [0.15, 0.2) is 120 Å². The van der Waals surface area contributed by atoms with E-state index < -0.39 is 0 Å². The van der Waals surface area contributed by atoms with Crippen molar-refractivity contribution >= 4 is 11.3 Å². The van der Waals surface area contributed by atoms with E-state index in [4.69, 9.17) is 4.74 Å². The van der Waals surface area contributed by atoms with E-state index >= 15 is 0 Å². The molecule has 0 N–H and O–H groups in total. The van der Waals surface area contributed by atoms with E-state index in [-0.39, 0.29) is 18.1 Å². The third-order valence-corrected chi connectivity index (χ3v) is 7.72. The van der Waals surface area contributed by atoms with Crippen LogP contribution in [0.2, 0.25) is 0 Å². The van der Waals surface area contributed by atoms with Crippen LogP contribution in [0, 0.1) is 23.2 Å². The average molecular weight is 457 g/mol. The van der Waals surface area contributed by atoms with Gasteiger partial charge in [-0.05, 0) is 60.8 Å². The second kappa shape index (κ2) is 8.64. The number of allylic oxidation sites excluding steroid dienone is 10. The lowest BCUT2D eigenvalue weighted by Gasteiger charge is -2.32. The molecule has 6 rings (SSSR count). The maximum absolute atomic E-state index is 9.73. The predicted molar refractivity (Wildman–Crippen MR) is 142 cm³/mol. The number of hydrogen-bond acceptors (Lipinski definition) is 3. The zero-order chi connectivity index (χ0) is 23.9. The van der Waals surface area contributed by atoms with Gasteiger partial charge in [-0.25, -0.2) is 0 Å². The van der Waals surface area contributed by atoms with Crippen molar-refractivity contribution < 1.29 is 4.74 Å². The highest BCUT2D eigenvalue weighted by Crippen LogP contribution is 2.47. The fourth-order valence-electron chi connectivity index (χ4n) is 6.08. The van der Waals surface area contributed by atoms with Gasteiger partial charge >= 0.3 is 0 Å². The molecule has 0 aromatic heterocycles. The molecular weight excluding hydrogens is 428 g/mol. The van der Waals surface area contributed by atoms with Gasteiger partial charge in [0.2, 0.25) is 0 Å². The first-order chi connectivity index (χ1) is 17.2. The minimum atomic E-state index is 0.115. The highest BCUT2D eigenvalue weighted by atomic mass is 16.5. The van der Waals surface area contributed by atoms with Crippen LogP contribution in [-0.4, -0.2) is 12.1 Å². The zero-order valence-electron chi connectivity index (χ0n) is 19.9. The van der Waals surface area contributed by atoms with E-state index in [2.05, 4.69) is 91.3 Å². The molecule has 0 saturated carbocycles.